The Morgan fingerprint density at radius 2 is 1.79 bits per heavy atom. The number of hydrogen-bond donors (Lipinski definition) is 1. The van der Waals surface area contributed by atoms with Crippen molar-refractivity contribution < 1.29 is 8.42 Å². The Morgan fingerprint density at radius 1 is 1.04 bits per heavy atom. The van der Waals surface area contributed by atoms with Crippen molar-refractivity contribution in [2.45, 2.75) is 50.3 Å². The zero-order chi connectivity index (χ0) is 16.8. The van der Waals surface area contributed by atoms with Crippen LogP contribution in [0.2, 0.25) is 0 Å². The van der Waals surface area contributed by atoms with E-state index in [9.17, 15) is 8.42 Å². The molecule has 0 amide bonds. The fourth-order valence-electron chi connectivity index (χ4n) is 5.10. The normalized spacial score (nSPS) is 33.2. The van der Waals surface area contributed by atoms with Crippen LogP contribution >= 0.6 is 0 Å². The van der Waals surface area contributed by atoms with Gasteiger partial charge in [-0.3, -0.25) is 0 Å². The molecule has 4 rings (SSSR count). The Bertz CT molecular complexity index is 756. The molecule has 1 heterocycles. The minimum absolute atomic E-state index is 0.166. The van der Waals surface area contributed by atoms with Crippen molar-refractivity contribution in [1.29, 1.82) is 0 Å². The number of nitrogens with one attached hydrogen (secondary N) is 1. The predicted octanol–water partition coefficient (Wildman–Crippen LogP) is 3.40. The molecule has 2 aliphatic carbocycles. The van der Waals surface area contributed by atoms with Gasteiger partial charge < -0.3 is 0 Å². The van der Waals surface area contributed by atoms with Crippen molar-refractivity contribution in [2.24, 2.45) is 10.8 Å². The third kappa shape index (κ3) is 2.54. The topological polar surface area (TPSA) is 49.4 Å². The molecule has 2 fully saturated rings. The lowest BCUT2D eigenvalue weighted by atomic mass is 9.54. The van der Waals surface area contributed by atoms with E-state index in [0.29, 0.717) is 4.90 Å². The van der Waals surface area contributed by atoms with Crippen LogP contribution in [0.5, 0.6) is 0 Å². The first-order valence-electron chi connectivity index (χ1n) is 8.97. The fourth-order valence-corrected chi connectivity index (χ4v) is 6.17. The van der Waals surface area contributed by atoms with Gasteiger partial charge >= 0.3 is 0 Å². The highest BCUT2D eigenvalue weighted by molar-refractivity contribution is 7.89. The summed E-state index contributed by atoms with van der Waals surface area (Å²) in [5.41, 5.74) is 1.49. The number of aryl methyl sites for hydroxylation is 1. The van der Waals surface area contributed by atoms with E-state index in [2.05, 4.69) is 17.0 Å². The van der Waals surface area contributed by atoms with E-state index in [1.807, 2.05) is 24.1 Å². The highest BCUT2D eigenvalue weighted by atomic mass is 32.2. The zero-order valence-electron chi connectivity index (χ0n) is 14.3. The third-order valence-corrected chi connectivity index (χ3v) is 7.75. The molecule has 1 N–H and O–H groups in total. The average molecular weight is 346 g/mol. The highest BCUT2D eigenvalue weighted by Gasteiger charge is 2.57. The second-order valence-electron chi connectivity index (χ2n) is 7.85. The summed E-state index contributed by atoms with van der Waals surface area (Å²) in [5.74, 6) is 0. The van der Waals surface area contributed by atoms with E-state index in [0.717, 1.165) is 25.1 Å². The van der Waals surface area contributed by atoms with Crippen LogP contribution in [0.25, 0.3) is 0 Å². The lowest BCUT2D eigenvalue weighted by molar-refractivity contribution is 0.0636. The van der Waals surface area contributed by atoms with Crippen molar-refractivity contribution in [2.75, 3.05) is 13.1 Å². The summed E-state index contributed by atoms with van der Waals surface area (Å²) in [7, 11) is -3.50. The van der Waals surface area contributed by atoms with Crippen molar-refractivity contribution in [3.8, 4) is 0 Å². The molecule has 1 saturated carbocycles. The monoisotopic (exact) mass is 346 g/mol. The molecule has 0 radical (unpaired) electrons. The first-order chi connectivity index (χ1) is 11.4. The molecule has 2 atom stereocenters. The molecule has 0 aromatic heterocycles. The smallest absolute Gasteiger partial charge is 0.229 e. The Balaban J connectivity index is 1.58. The number of sulfonamides is 1. The minimum atomic E-state index is -3.50. The summed E-state index contributed by atoms with van der Waals surface area (Å²) in [4.78, 5) is 3.21. The fraction of sp³-hybridized carbons (Fsp3) is 0.579. The van der Waals surface area contributed by atoms with Gasteiger partial charge in [0, 0.05) is 18.5 Å². The number of allylic oxidation sites excluding steroid dienone is 1. The van der Waals surface area contributed by atoms with Crippen molar-refractivity contribution >= 4 is 10.0 Å². The van der Waals surface area contributed by atoms with E-state index in [1.165, 1.54) is 32.1 Å². The van der Waals surface area contributed by atoms with E-state index in [1.54, 1.807) is 12.1 Å². The summed E-state index contributed by atoms with van der Waals surface area (Å²) in [6.45, 7) is 3.60. The van der Waals surface area contributed by atoms with Gasteiger partial charge in [-0.2, -0.15) is 0 Å². The molecule has 24 heavy (non-hydrogen) atoms. The minimum Gasteiger partial charge on any atom is -0.229 e. The molecule has 4 nitrogen and oxygen atoms in total. The van der Waals surface area contributed by atoms with Gasteiger partial charge in [-0.25, -0.2) is 13.4 Å². The standard InChI is InChI=1S/C19H26N2O2S/c1-16-6-8-17(9-7-16)24(22,23)20-21-14-18-10-2-3-11-19(18,15-21)13-5-4-12-18/h2,6-10,20H,3-5,11-15H2,1H3/t18-,19-/m1/s1. The predicted molar refractivity (Wildman–Crippen MR) is 94.8 cm³/mol. The van der Waals surface area contributed by atoms with Gasteiger partial charge in [-0.15, -0.1) is 4.83 Å². The molecule has 0 spiro atoms. The molecule has 1 aromatic carbocycles. The maximum atomic E-state index is 12.7. The second-order valence-corrected chi connectivity index (χ2v) is 9.51. The van der Waals surface area contributed by atoms with E-state index in [-0.39, 0.29) is 10.8 Å². The molecule has 0 unspecified atom stereocenters. The number of hydrogen-bond acceptors (Lipinski definition) is 3. The van der Waals surface area contributed by atoms with Gasteiger partial charge in [0.2, 0.25) is 0 Å². The SMILES string of the molecule is Cc1ccc(S(=O)(=O)NN2C[C@]34C=CCC[C@@]3(CCCC4)C2)cc1. The van der Waals surface area contributed by atoms with Crippen molar-refractivity contribution in [1.82, 2.24) is 9.84 Å². The number of benzene rings is 1. The Morgan fingerprint density at radius 3 is 2.54 bits per heavy atom. The highest BCUT2D eigenvalue weighted by Crippen LogP contribution is 2.60. The summed E-state index contributed by atoms with van der Waals surface area (Å²) < 4.78 is 25.5. The van der Waals surface area contributed by atoms with Gasteiger partial charge in [-0.05, 0) is 50.2 Å². The molecule has 1 aromatic rings. The van der Waals surface area contributed by atoms with Crippen LogP contribution in [0.4, 0.5) is 0 Å². The lowest BCUT2D eigenvalue weighted by Gasteiger charge is -2.49. The Labute approximate surface area is 145 Å². The summed E-state index contributed by atoms with van der Waals surface area (Å²) >= 11 is 0. The maximum absolute atomic E-state index is 12.7. The molecular weight excluding hydrogens is 320 g/mol. The molecule has 0 bridgehead atoms. The van der Waals surface area contributed by atoms with E-state index < -0.39 is 10.0 Å². The first-order valence-corrected chi connectivity index (χ1v) is 10.5. The van der Waals surface area contributed by atoms with Crippen molar-refractivity contribution in [3.63, 3.8) is 0 Å². The second kappa shape index (κ2) is 5.68. The van der Waals surface area contributed by atoms with Crippen LogP contribution < -0.4 is 4.83 Å². The number of nitrogens with zero attached hydrogens (tertiary/aromatic N) is 1. The summed E-state index contributed by atoms with van der Waals surface area (Å²) in [6.07, 6.45) is 12.0. The third-order valence-electron chi connectivity index (χ3n) is 6.36. The number of rotatable bonds is 3. The first kappa shape index (κ1) is 16.3. The van der Waals surface area contributed by atoms with Crippen LogP contribution in [0.1, 0.15) is 44.1 Å². The van der Waals surface area contributed by atoms with Gasteiger partial charge in [-0.1, -0.05) is 42.7 Å². The van der Waals surface area contributed by atoms with Crippen molar-refractivity contribution in [3.05, 3.63) is 42.0 Å². The van der Waals surface area contributed by atoms with E-state index in [4.69, 9.17) is 0 Å². The zero-order valence-corrected chi connectivity index (χ0v) is 15.1. The number of hydrazine groups is 1. The van der Waals surface area contributed by atoms with Crippen LogP contribution in [0.3, 0.4) is 0 Å². The molecule has 1 saturated heterocycles. The van der Waals surface area contributed by atoms with Gasteiger partial charge in [0.15, 0.2) is 0 Å². The summed E-state index contributed by atoms with van der Waals surface area (Å²) in [6, 6.07) is 7.06. The average Bonchev–Trinajstić information content (AvgIpc) is 2.88. The van der Waals surface area contributed by atoms with Gasteiger partial charge in [0.05, 0.1) is 4.90 Å². The lowest BCUT2D eigenvalue weighted by Crippen LogP contribution is -2.43. The largest absolute Gasteiger partial charge is 0.253 e. The van der Waals surface area contributed by atoms with Crippen LogP contribution in [-0.2, 0) is 10.0 Å². The summed E-state index contributed by atoms with van der Waals surface area (Å²) in [5, 5.41) is 1.97. The van der Waals surface area contributed by atoms with Gasteiger partial charge in [0.25, 0.3) is 10.0 Å². The molecule has 130 valence electrons. The Kier molecular flexibility index (Phi) is 3.86. The maximum Gasteiger partial charge on any atom is 0.253 e. The molecular formula is C19H26N2O2S. The molecule has 1 aliphatic heterocycles. The van der Waals surface area contributed by atoms with Crippen LogP contribution in [0.15, 0.2) is 41.3 Å². The molecule has 3 aliphatic rings. The molecule has 5 heteroatoms. The quantitative estimate of drug-likeness (QED) is 0.854. The van der Waals surface area contributed by atoms with Gasteiger partial charge in [0.1, 0.15) is 0 Å². The van der Waals surface area contributed by atoms with Crippen LogP contribution in [-0.4, -0.2) is 26.5 Å². The van der Waals surface area contributed by atoms with E-state index >= 15 is 0 Å². The Hall–Kier alpha value is -1.17. The van der Waals surface area contributed by atoms with Crippen LogP contribution in [0, 0.1) is 17.8 Å².